The van der Waals surface area contributed by atoms with E-state index in [0.29, 0.717) is 33.2 Å². The maximum atomic E-state index is 12.9. The lowest BCUT2D eigenvalue weighted by atomic mass is 10.0. The van der Waals surface area contributed by atoms with Crippen molar-refractivity contribution < 1.29 is 4.79 Å². The third kappa shape index (κ3) is 4.07. The average Bonchev–Trinajstić information content (AvgIpc) is 3.37. The summed E-state index contributed by atoms with van der Waals surface area (Å²) in [5, 5.41) is 3.51. The minimum absolute atomic E-state index is 0.136. The number of nitrogens with zero attached hydrogens (tertiary/aromatic N) is 4. The minimum atomic E-state index is -0.172. The summed E-state index contributed by atoms with van der Waals surface area (Å²) in [7, 11) is 0. The highest BCUT2D eigenvalue weighted by molar-refractivity contribution is 7.18. The third-order valence-corrected chi connectivity index (χ3v) is 5.90. The van der Waals surface area contributed by atoms with Crippen LogP contribution in [0.15, 0.2) is 47.9 Å². The molecule has 29 heavy (non-hydrogen) atoms. The van der Waals surface area contributed by atoms with Crippen LogP contribution in [0.4, 0.5) is 0 Å². The molecule has 0 radical (unpaired) electrons. The second-order valence-electron chi connectivity index (χ2n) is 7.36. The molecule has 0 unspecified atom stereocenters. The number of imidazole rings is 1. The first-order valence-corrected chi connectivity index (χ1v) is 10.5. The lowest BCUT2D eigenvalue weighted by Gasteiger charge is -2.06. The molecular formula is C21H23N5O2S. The number of nitrogens with one attached hydrogen (secondary N) is 1. The standard InChI is InChI=1S/C21H23N5O2S/c1-14(2)15-5-6-17-16(11-15)20(28)26-12-18(29-21(26)24-17)19(27)23-7-3-4-9-25-10-8-22-13-25/h5-6,8,10-14H,3-4,7,9H2,1-2H3,(H,23,27). The average molecular weight is 410 g/mol. The molecule has 3 heterocycles. The molecule has 7 nitrogen and oxygen atoms in total. The molecule has 150 valence electrons. The number of aryl methyl sites for hydroxylation is 1. The quantitative estimate of drug-likeness (QED) is 0.474. The van der Waals surface area contributed by atoms with Crippen LogP contribution in [0.5, 0.6) is 0 Å². The van der Waals surface area contributed by atoms with Crippen LogP contribution in [0, 0.1) is 0 Å². The van der Waals surface area contributed by atoms with Crippen LogP contribution in [0.25, 0.3) is 15.9 Å². The Kier molecular flexibility index (Phi) is 5.44. The summed E-state index contributed by atoms with van der Waals surface area (Å²) in [6.45, 7) is 5.65. The molecule has 0 atom stereocenters. The molecule has 0 aliphatic rings. The first-order chi connectivity index (χ1) is 14.0. The van der Waals surface area contributed by atoms with E-state index in [4.69, 9.17) is 0 Å². The van der Waals surface area contributed by atoms with Gasteiger partial charge in [0.2, 0.25) is 0 Å². The van der Waals surface area contributed by atoms with E-state index in [1.54, 1.807) is 18.7 Å². The van der Waals surface area contributed by atoms with Gasteiger partial charge in [0, 0.05) is 31.7 Å². The molecule has 0 aliphatic carbocycles. The minimum Gasteiger partial charge on any atom is -0.351 e. The van der Waals surface area contributed by atoms with Crippen molar-refractivity contribution in [2.75, 3.05) is 6.54 Å². The van der Waals surface area contributed by atoms with Gasteiger partial charge < -0.3 is 9.88 Å². The van der Waals surface area contributed by atoms with Crippen molar-refractivity contribution in [3.05, 3.63) is 63.9 Å². The van der Waals surface area contributed by atoms with Crippen molar-refractivity contribution in [2.45, 2.75) is 39.2 Å². The summed E-state index contributed by atoms with van der Waals surface area (Å²) in [6.07, 6.45) is 8.88. The van der Waals surface area contributed by atoms with Gasteiger partial charge >= 0.3 is 0 Å². The van der Waals surface area contributed by atoms with E-state index in [2.05, 4.69) is 29.1 Å². The van der Waals surface area contributed by atoms with Crippen molar-refractivity contribution >= 4 is 33.1 Å². The fourth-order valence-electron chi connectivity index (χ4n) is 3.22. The zero-order chi connectivity index (χ0) is 20.4. The predicted octanol–water partition coefficient (Wildman–Crippen LogP) is 3.44. The molecule has 0 bridgehead atoms. The maximum absolute atomic E-state index is 12.9. The fourth-order valence-corrected chi connectivity index (χ4v) is 4.11. The first-order valence-electron chi connectivity index (χ1n) is 9.73. The zero-order valence-corrected chi connectivity index (χ0v) is 17.3. The smallest absolute Gasteiger partial charge is 0.266 e. The summed E-state index contributed by atoms with van der Waals surface area (Å²) in [6, 6.07) is 5.78. The van der Waals surface area contributed by atoms with Gasteiger partial charge in [-0.05, 0) is 36.5 Å². The number of fused-ring (bicyclic) bond motifs is 2. The number of aromatic nitrogens is 4. The monoisotopic (exact) mass is 409 g/mol. The Morgan fingerprint density at radius 3 is 2.90 bits per heavy atom. The number of unbranched alkanes of at least 4 members (excludes halogenated alkanes) is 1. The van der Waals surface area contributed by atoms with Crippen LogP contribution in [-0.2, 0) is 6.54 Å². The van der Waals surface area contributed by atoms with Gasteiger partial charge in [0.1, 0.15) is 4.88 Å². The number of carbonyl (C=O) groups excluding carboxylic acids is 1. The van der Waals surface area contributed by atoms with Crippen LogP contribution in [0.2, 0.25) is 0 Å². The summed E-state index contributed by atoms with van der Waals surface area (Å²) >= 11 is 1.23. The van der Waals surface area contributed by atoms with Gasteiger partial charge in [0.15, 0.2) is 4.96 Å². The van der Waals surface area contributed by atoms with Gasteiger partial charge in [-0.1, -0.05) is 31.3 Å². The highest BCUT2D eigenvalue weighted by Gasteiger charge is 2.14. The predicted molar refractivity (Wildman–Crippen MR) is 115 cm³/mol. The number of thiazole rings is 1. The van der Waals surface area contributed by atoms with Crippen LogP contribution >= 0.6 is 11.3 Å². The molecule has 0 spiro atoms. The number of benzene rings is 1. The molecule has 1 aromatic carbocycles. The molecule has 4 rings (SSSR count). The lowest BCUT2D eigenvalue weighted by molar-refractivity contribution is 0.0956. The molecule has 0 saturated carbocycles. The number of rotatable bonds is 7. The topological polar surface area (TPSA) is 81.3 Å². The molecule has 3 aromatic heterocycles. The Hall–Kier alpha value is -3.00. The van der Waals surface area contributed by atoms with Crippen molar-refractivity contribution in [1.82, 2.24) is 24.3 Å². The van der Waals surface area contributed by atoms with Gasteiger partial charge in [-0.3, -0.25) is 14.0 Å². The summed E-state index contributed by atoms with van der Waals surface area (Å²) < 4.78 is 3.49. The zero-order valence-electron chi connectivity index (χ0n) is 16.5. The highest BCUT2D eigenvalue weighted by Crippen LogP contribution is 2.21. The number of hydrogen-bond acceptors (Lipinski definition) is 5. The van der Waals surface area contributed by atoms with E-state index >= 15 is 0 Å². The molecular weight excluding hydrogens is 386 g/mol. The Balaban J connectivity index is 1.47. The largest absolute Gasteiger partial charge is 0.351 e. The van der Waals surface area contributed by atoms with Crippen LogP contribution in [0.1, 0.15) is 47.8 Å². The van der Waals surface area contributed by atoms with Gasteiger partial charge in [0.05, 0.1) is 17.2 Å². The normalized spacial score (nSPS) is 11.6. The molecule has 0 fully saturated rings. The molecule has 0 aliphatic heterocycles. The SMILES string of the molecule is CC(C)c1ccc2nc3sc(C(=O)NCCCCn4ccnc4)cn3c(=O)c2c1. The van der Waals surface area contributed by atoms with Crippen molar-refractivity contribution in [2.24, 2.45) is 0 Å². The second kappa shape index (κ2) is 8.16. The Bertz CT molecular complexity index is 1210. The van der Waals surface area contributed by atoms with E-state index in [9.17, 15) is 9.59 Å². The van der Waals surface area contributed by atoms with Crippen LogP contribution < -0.4 is 10.9 Å². The Morgan fingerprint density at radius 1 is 1.28 bits per heavy atom. The van der Waals surface area contributed by atoms with Crippen LogP contribution in [0.3, 0.4) is 0 Å². The van der Waals surface area contributed by atoms with Crippen molar-refractivity contribution in [3.63, 3.8) is 0 Å². The highest BCUT2D eigenvalue weighted by atomic mass is 32.1. The van der Waals surface area contributed by atoms with E-state index in [-0.39, 0.29) is 11.5 Å². The van der Waals surface area contributed by atoms with Gasteiger partial charge in [0.25, 0.3) is 11.5 Å². The van der Waals surface area contributed by atoms with Gasteiger partial charge in [-0.2, -0.15) is 0 Å². The van der Waals surface area contributed by atoms with Crippen molar-refractivity contribution in [3.8, 4) is 0 Å². The molecule has 4 aromatic rings. The fraction of sp³-hybridized carbons (Fsp3) is 0.333. The van der Waals surface area contributed by atoms with E-state index in [0.717, 1.165) is 24.9 Å². The van der Waals surface area contributed by atoms with E-state index < -0.39 is 0 Å². The first kappa shape index (κ1) is 19.3. The second-order valence-corrected chi connectivity index (χ2v) is 8.37. The molecule has 8 heteroatoms. The number of amides is 1. The van der Waals surface area contributed by atoms with Crippen LogP contribution in [-0.4, -0.2) is 31.4 Å². The van der Waals surface area contributed by atoms with E-state index in [1.165, 1.54) is 15.7 Å². The molecule has 1 amide bonds. The molecule has 0 saturated heterocycles. The number of carbonyl (C=O) groups is 1. The lowest BCUT2D eigenvalue weighted by Crippen LogP contribution is -2.24. The summed E-state index contributed by atoms with van der Waals surface area (Å²) in [5.74, 6) is 0.159. The van der Waals surface area contributed by atoms with Crippen molar-refractivity contribution in [1.29, 1.82) is 0 Å². The maximum Gasteiger partial charge on any atom is 0.266 e. The Labute approximate surface area is 172 Å². The van der Waals surface area contributed by atoms with Gasteiger partial charge in [-0.25, -0.2) is 9.97 Å². The summed E-state index contributed by atoms with van der Waals surface area (Å²) in [4.78, 5) is 35.0. The Morgan fingerprint density at radius 2 is 2.14 bits per heavy atom. The summed E-state index contributed by atoms with van der Waals surface area (Å²) in [5.41, 5.74) is 1.62. The van der Waals surface area contributed by atoms with Gasteiger partial charge in [-0.15, -0.1) is 0 Å². The third-order valence-electron chi connectivity index (χ3n) is 4.92. The molecule has 1 N–H and O–H groups in total. The number of hydrogen-bond donors (Lipinski definition) is 1. The van der Waals surface area contributed by atoms with E-state index in [1.807, 2.05) is 29.0 Å².